The first-order chi connectivity index (χ1) is 10.7. The summed E-state index contributed by atoms with van der Waals surface area (Å²) in [6.45, 7) is 5.86. The molecule has 0 aromatic heterocycles. The van der Waals surface area contributed by atoms with E-state index in [0.717, 1.165) is 26.2 Å². The zero-order chi connectivity index (χ0) is 15.8. The predicted molar refractivity (Wildman–Crippen MR) is 83.9 cm³/mol. The molecule has 0 radical (unpaired) electrons. The minimum Gasteiger partial charge on any atom is -0.465 e. The van der Waals surface area contributed by atoms with Crippen LogP contribution in [0.25, 0.3) is 0 Å². The van der Waals surface area contributed by atoms with Crippen molar-refractivity contribution in [2.24, 2.45) is 0 Å². The van der Waals surface area contributed by atoms with E-state index < -0.39 is 0 Å². The number of rotatable bonds is 6. The Bertz CT molecular complexity index is 512. The summed E-state index contributed by atoms with van der Waals surface area (Å²) >= 11 is 0. The Morgan fingerprint density at radius 1 is 1.36 bits per heavy atom. The molecule has 0 aliphatic carbocycles. The topological polar surface area (TPSA) is 56.6 Å². The molecule has 118 valence electrons. The van der Waals surface area contributed by atoms with Gasteiger partial charge in [0, 0.05) is 32.2 Å². The Morgan fingerprint density at radius 3 is 2.82 bits per heavy atom. The molecule has 0 amide bonds. The molecule has 1 heterocycles. The summed E-state index contributed by atoms with van der Waals surface area (Å²) in [5.41, 5.74) is 1.28. The molecule has 1 aromatic rings. The van der Waals surface area contributed by atoms with E-state index in [4.69, 9.17) is 10.00 Å². The van der Waals surface area contributed by atoms with Crippen LogP contribution >= 0.6 is 0 Å². The van der Waals surface area contributed by atoms with Gasteiger partial charge in [-0.1, -0.05) is 30.3 Å². The van der Waals surface area contributed by atoms with Crippen LogP contribution in [0.1, 0.15) is 18.9 Å². The summed E-state index contributed by atoms with van der Waals surface area (Å²) in [5.74, 6) is -0.207. The second-order valence-corrected chi connectivity index (χ2v) is 5.51. The van der Waals surface area contributed by atoms with Crippen molar-refractivity contribution in [3.05, 3.63) is 35.9 Å². The van der Waals surface area contributed by atoms with Crippen LogP contribution in [0.15, 0.2) is 30.3 Å². The zero-order valence-corrected chi connectivity index (χ0v) is 13.1. The molecule has 1 atom stereocenters. The van der Waals surface area contributed by atoms with Gasteiger partial charge < -0.3 is 4.74 Å². The van der Waals surface area contributed by atoms with Gasteiger partial charge in [0.25, 0.3) is 0 Å². The van der Waals surface area contributed by atoms with E-state index in [-0.39, 0.29) is 18.6 Å². The van der Waals surface area contributed by atoms with E-state index in [9.17, 15) is 4.79 Å². The highest BCUT2D eigenvalue weighted by molar-refractivity contribution is 5.71. The SMILES string of the molecule is CCOC(=O)CN1CCN(Cc2ccccc2)C[C@H]1CC#N. The van der Waals surface area contributed by atoms with Gasteiger partial charge in [-0.3, -0.25) is 14.6 Å². The number of hydrogen-bond acceptors (Lipinski definition) is 5. The van der Waals surface area contributed by atoms with Crippen molar-refractivity contribution < 1.29 is 9.53 Å². The van der Waals surface area contributed by atoms with Crippen LogP contribution in [0, 0.1) is 11.3 Å². The van der Waals surface area contributed by atoms with Gasteiger partial charge in [0.1, 0.15) is 0 Å². The highest BCUT2D eigenvalue weighted by Crippen LogP contribution is 2.15. The maximum atomic E-state index is 11.7. The van der Waals surface area contributed by atoms with E-state index in [0.29, 0.717) is 13.0 Å². The molecule has 1 saturated heterocycles. The van der Waals surface area contributed by atoms with Gasteiger partial charge in [-0.25, -0.2) is 0 Å². The normalized spacial score (nSPS) is 19.5. The fraction of sp³-hybridized carbons (Fsp3) is 0.529. The van der Waals surface area contributed by atoms with Crippen molar-refractivity contribution >= 4 is 5.97 Å². The Labute approximate surface area is 132 Å². The van der Waals surface area contributed by atoms with Crippen LogP contribution in [0.3, 0.4) is 0 Å². The molecule has 1 fully saturated rings. The highest BCUT2D eigenvalue weighted by Gasteiger charge is 2.28. The number of ether oxygens (including phenoxy) is 1. The quantitative estimate of drug-likeness (QED) is 0.748. The van der Waals surface area contributed by atoms with Crippen LogP contribution in [-0.2, 0) is 16.1 Å². The van der Waals surface area contributed by atoms with Gasteiger partial charge >= 0.3 is 5.97 Å². The van der Waals surface area contributed by atoms with Crippen LogP contribution in [0.4, 0.5) is 0 Å². The fourth-order valence-corrected chi connectivity index (χ4v) is 2.82. The molecular weight excluding hydrogens is 278 g/mol. The van der Waals surface area contributed by atoms with E-state index in [1.807, 2.05) is 25.1 Å². The third kappa shape index (κ3) is 4.83. The van der Waals surface area contributed by atoms with Crippen LogP contribution in [0.5, 0.6) is 0 Å². The van der Waals surface area contributed by atoms with Crippen molar-refractivity contribution in [3.8, 4) is 6.07 Å². The van der Waals surface area contributed by atoms with Gasteiger partial charge in [-0.05, 0) is 12.5 Å². The molecule has 1 aliphatic rings. The molecule has 1 aliphatic heterocycles. The molecule has 0 spiro atoms. The molecule has 5 heteroatoms. The first-order valence-electron chi connectivity index (χ1n) is 7.75. The number of carbonyl (C=O) groups excluding carboxylic acids is 1. The second kappa shape index (κ2) is 8.52. The molecule has 0 saturated carbocycles. The Hall–Kier alpha value is -1.90. The lowest BCUT2D eigenvalue weighted by Crippen LogP contribution is -2.54. The van der Waals surface area contributed by atoms with Crippen LogP contribution < -0.4 is 0 Å². The molecule has 1 aromatic carbocycles. The van der Waals surface area contributed by atoms with E-state index in [1.54, 1.807) is 0 Å². The van der Waals surface area contributed by atoms with E-state index in [2.05, 4.69) is 28.0 Å². The largest absolute Gasteiger partial charge is 0.465 e. The van der Waals surface area contributed by atoms with Crippen molar-refractivity contribution in [1.82, 2.24) is 9.80 Å². The average molecular weight is 301 g/mol. The van der Waals surface area contributed by atoms with Gasteiger partial charge in [0.05, 0.1) is 25.6 Å². The number of nitriles is 1. The van der Waals surface area contributed by atoms with E-state index in [1.165, 1.54) is 5.56 Å². The van der Waals surface area contributed by atoms with Crippen molar-refractivity contribution in [2.45, 2.75) is 25.9 Å². The number of benzene rings is 1. The molecule has 5 nitrogen and oxygen atoms in total. The summed E-state index contributed by atoms with van der Waals surface area (Å²) in [6, 6.07) is 12.7. The molecule has 0 unspecified atom stereocenters. The predicted octanol–water partition coefficient (Wildman–Crippen LogP) is 1.65. The summed E-state index contributed by atoms with van der Waals surface area (Å²) in [4.78, 5) is 16.1. The first-order valence-corrected chi connectivity index (χ1v) is 7.75. The maximum absolute atomic E-state index is 11.7. The zero-order valence-electron chi connectivity index (χ0n) is 13.1. The third-order valence-corrected chi connectivity index (χ3v) is 3.90. The minimum absolute atomic E-state index is 0.0897. The number of piperazine rings is 1. The fourth-order valence-electron chi connectivity index (χ4n) is 2.82. The number of nitrogens with zero attached hydrogens (tertiary/aromatic N) is 3. The van der Waals surface area contributed by atoms with Crippen molar-refractivity contribution in [2.75, 3.05) is 32.8 Å². The lowest BCUT2D eigenvalue weighted by molar-refractivity contribution is -0.145. The van der Waals surface area contributed by atoms with Crippen LogP contribution in [0.2, 0.25) is 0 Å². The summed E-state index contributed by atoms with van der Waals surface area (Å²) in [6.07, 6.45) is 0.435. The number of carbonyl (C=O) groups is 1. The molecule has 2 rings (SSSR count). The van der Waals surface area contributed by atoms with Crippen molar-refractivity contribution in [1.29, 1.82) is 5.26 Å². The van der Waals surface area contributed by atoms with Gasteiger partial charge in [-0.15, -0.1) is 0 Å². The summed E-state index contributed by atoms with van der Waals surface area (Å²) in [7, 11) is 0. The summed E-state index contributed by atoms with van der Waals surface area (Å²) < 4.78 is 5.02. The number of esters is 1. The molecule has 22 heavy (non-hydrogen) atoms. The van der Waals surface area contributed by atoms with Gasteiger partial charge in [0.15, 0.2) is 0 Å². The van der Waals surface area contributed by atoms with E-state index >= 15 is 0 Å². The van der Waals surface area contributed by atoms with Gasteiger partial charge in [-0.2, -0.15) is 5.26 Å². The summed E-state index contributed by atoms with van der Waals surface area (Å²) in [5, 5.41) is 9.04. The maximum Gasteiger partial charge on any atom is 0.320 e. The Morgan fingerprint density at radius 2 is 2.14 bits per heavy atom. The minimum atomic E-state index is -0.207. The monoisotopic (exact) mass is 301 g/mol. The smallest absolute Gasteiger partial charge is 0.320 e. The number of hydrogen-bond donors (Lipinski definition) is 0. The molecule has 0 bridgehead atoms. The van der Waals surface area contributed by atoms with Crippen molar-refractivity contribution in [3.63, 3.8) is 0 Å². The lowest BCUT2D eigenvalue weighted by atomic mass is 10.1. The lowest BCUT2D eigenvalue weighted by Gasteiger charge is -2.40. The second-order valence-electron chi connectivity index (χ2n) is 5.51. The Kier molecular flexibility index (Phi) is 6.38. The average Bonchev–Trinajstić information content (AvgIpc) is 2.51. The van der Waals surface area contributed by atoms with Gasteiger partial charge in [0.2, 0.25) is 0 Å². The first kappa shape index (κ1) is 16.5. The standard InChI is InChI=1S/C17H23N3O2/c1-2-22-17(21)14-20-11-10-19(13-16(20)8-9-18)12-15-6-4-3-5-7-15/h3-7,16H,2,8,10-14H2,1H3/t16-/m1/s1. The molecular formula is C17H23N3O2. The molecule has 0 N–H and O–H groups in total. The Balaban J connectivity index is 1.92. The highest BCUT2D eigenvalue weighted by atomic mass is 16.5. The van der Waals surface area contributed by atoms with Crippen LogP contribution in [-0.4, -0.2) is 54.6 Å². The third-order valence-electron chi connectivity index (χ3n) is 3.90.